The van der Waals surface area contributed by atoms with Gasteiger partial charge in [-0.1, -0.05) is 48.5 Å². The lowest BCUT2D eigenvalue weighted by atomic mass is 10.0. The summed E-state index contributed by atoms with van der Waals surface area (Å²) in [4.78, 5) is 4.86. The molecule has 5 heteroatoms. The standard InChI is InChI=1S/C18H14N4S/c19-18(23)22-21-17-13-7-3-4-8-15(13)20-16-12-6-2-1-5-11(12)9-10-14(16)17/h1-10H,(H,20,21)(H3,19,22,23). The Hall–Kier alpha value is -2.92. The molecule has 4 nitrogen and oxygen atoms in total. The van der Waals surface area contributed by atoms with Crippen molar-refractivity contribution in [1.82, 2.24) is 10.4 Å². The van der Waals surface area contributed by atoms with Gasteiger partial charge >= 0.3 is 0 Å². The minimum Gasteiger partial charge on any atom is -0.375 e. The van der Waals surface area contributed by atoms with Crippen LogP contribution < -0.4 is 16.6 Å². The van der Waals surface area contributed by atoms with E-state index in [1.807, 2.05) is 36.4 Å². The van der Waals surface area contributed by atoms with Crippen molar-refractivity contribution in [1.29, 1.82) is 0 Å². The molecule has 0 bridgehead atoms. The van der Waals surface area contributed by atoms with Gasteiger partial charge in [0.05, 0.1) is 16.7 Å². The van der Waals surface area contributed by atoms with Crippen molar-refractivity contribution in [2.45, 2.75) is 0 Å². The van der Waals surface area contributed by atoms with Gasteiger partial charge in [0.15, 0.2) is 5.11 Å². The molecular weight excluding hydrogens is 304 g/mol. The average Bonchev–Trinajstić information content (AvgIpc) is 2.58. The third-order valence-corrected chi connectivity index (χ3v) is 3.99. The number of para-hydroxylation sites is 1. The first kappa shape index (κ1) is 13.7. The van der Waals surface area contributed by atoms with Crippen molar-refractivity contribution in [3.8, 4) is 0 Å². The van der Waals surface area contributed by atoms with E-state index in [0.717, 1.165) is 38.3 Å². The number of hydrogen-bond acceptors (Lipinski definition) is 3. The minimum absolute atomic E-state index is 0.194. The number of hydrogen-bond donors (Lipinski definition) is 3. The summed E-state index contributed by atoms with van der Waals surface area (Å²) >= 11 is 4.91. The molecule has 0 saturated carbocycles. The quantitative estimate of drug-likeness (QED) is 0.228. The second kappa shape index (κ2) is 5.37. The van der Waals surface area contributed by atoms with Gasteiger partial charge in [0.2, 0.25) is 0 Å². The van der Waals surface area contributed by atoms with Gasteiger partial charge in [-0.25, -0.2) is 4.98 Å². The van der Waals surface area contributed by atoms with E-state index in [4.69, 9.17) is 22.9 Å². The zero-order valence-corrected chi connectivity index (χ0v) is 13.0. The monoisotopic (exact) mass is 318 g/mol. The lowest BCUT2D eigenvalue weighted by Gasteiger charge is -2.15. The highest BCUT2D eigenvalue weighted by Crippen LogP contribution is 2.34. The van der Waals surface area contributed by atoms with Crippen molar-refractivity contribution in [2.24, 2.45) is 5.73 Å². The van der Waals surface area contributed by atoms with Gasteiger partial charge in [-0.15, -0.1) is 0 Å². The third kappa shape index (κ3) is 2.31. The van der Waals surface area contributed by atoms with Gasteiger partial charge in [0.25, 0.3) is 0 Å². The maximum absolute atomic E-state index is 5.56. The number of nitrogens with two attached hydrogens (primary N) is 1. The maximum atomic E-state index is 5.56. The summed E-state index contributed by atoms with van der Waals surface area (Å²) in [6.07, 6.45) is 0. The van der Waals surface area contributed by atoms with E-state index in [9.17, 15) is 0 Å². The van der Waals surface area contributed by atoms with Crippen molar-refractivity contribution in [2.75, 3.05) is 5.43 Å². The summed E-state index contributed by atoms with van der Waals surface area (Å²) in [6, 6.07) is 20.4. The number of benzene rings is 3. The number of hydrazine groups is 1. The second-order valence-corrected chi connectivity index (χ2v) is 5.74. The van der Waals surface area contributed by atoms with E-state index in [1.54, 1.807) is 0 Å². The van der Waals surface area contributed by atoms with Gasteiger partial charge in [-0.2, -0.15) is 0 Å². The molecule has 0 atom stereocenters. The summed E-state index contributed by atoms with van der Waals surface area (Å²) in [5.74, 6) is 0. The fourth-order valence-corrected chi connectivity index (χ4v) is 2.94. The zero-order valence-electron chi connectivity index (χ0n) is 12.2. The molecule has 0 fully saturated rings. The fourth-order valence-electron chi connectivity index (χ4n) is 2.88. The van der Waals surface area contributed by atoms with E-state index in [1.165, 1.54) is 0 Å². The summed E-state index contributed by atoms with van der Waals surface area (Å²) < 4.78 is 0. The maximum Gasteiger partial charge on any atom is 0.182 e. The number of thiocarbonyl (C=S) groups is 1. The number of anilines is 1. The molecule has 0 radical (unpaired) electrons. The second-order valence-electron chi connectivity index (χ2n) is 5.30. The molecule has 0 spiro atoms. The topological polar surface area (TPSA) is 63.0 Å². The molecule has 0 amide bonds. The van der Waals surface area contributed by atoms with Gasteiger partial charge in [0.1, 0.15) is 0 Å². The molecule has 23 heavy (non-hydrogen) atoms. The largest absolute Gasteiger partial charge is 0.375 e. The van der Waals surface area contributed by atoms with E-state index in [-0.39, 0.29) is 5.11 Å². The predicted molar refractivity (Wildman–Crippen MR) is 100 cm³/mol. The molecule has 0 unspecified atom stereocenters. The summed E-state index contributed by atoms with van der Waals surface area (Å²) in [7, 11) is 0. The Balaban J connectivity index is 2.12. The van der Waals surface area contributed by atoms with Crippen LogP contribution in [-0.2, 0) is 0 Å². The van der Waals surface area contributed by atoms with Gasteiger partial charge in [-0.3, -0.25) is 10.9 Å². The van der Waals surface area contributed by atoms with Crippen LogP contribution in [-0.4, -0.2) is 10.1 Å². The summed E-state index contributed by atoms with van der Waals surface area (Å²) in [6.45, 7) is 0. The van der Waals surface area contributed by atoms with Crippen LogP contribution in [0.1, 0.15) is 0 Å². The normalized spacial score (nSPS) is 11.0. The molecule has 4 rings (SSSR count). The van der Waals surface area contributed by atoms with Crippen LogP contribution in [0.4, 0.5) is 5.69 Å². The zero-order chi connectivity index (χ0) is 15.8. The highest BCUT2D eigenvalue weighted by molar-refractivity contribution is 7.80. The van der Waals surface area contributed by atoms with E-state index in [0.29, 0.717) is 0 Å². The molecule has 0 aliphatic rings. The van der Waals surface area contributed by atoms with Crippen LogP contribution >= 0.6 is 12.2 Å². The highest BCUT2D eigenvalue weighted by Gasteiger charge is 2.11. The molecule has 3 aromatic carbocycles. The van der Waals surface area contributed by atoms with E-state index < -0.39 is 0 Å². The van der Waals surface area contributed by atoms with Crippen LogP contribution in [0.3, 0.4) is 0 Å². The van der Waals surface area contributed by atoms with Crippen molar-refractivity contribution >= 4 is 55.6 Å². The first-order valence-electron chi connectivity index (χ1n) is 7.26. The Kier molecular flexibility index (Phi) is 3.20. The molecule has 1 aromatic heterocycles. The molecule has 4 aromatic rings. The van der Waals surface area contributed by atoms with Crippen LogP contribution in [0.5, 0.6) is 0 Å². The van der Waals surface area contributed by atoms with Crippen molar-refractivity contribution in [3.05, 3.63) is 60.7 Å². The Bertz CT molecular complexity index is 1060. The van der Waals surface area contributed by atoms with E-state index in [2.05, 4.69) is 35.1 Å². The Morgan fingerprint density at radius 3 is 2.43 bits per heavy atom. The number of aromatic nitrogens is 1. The first-order chi connectivity index (χ1) is 11.2. The fraction of sp³-hybridized carbons (Fsp3) is 0. The molecule has 112 valence electrons. The van der Waals surface area contributed by atoms with Crippen LogP contribution in [0.2, 0.25) is 0 Å². The first-order valence-corrected chi connectivity index (χ1v) is 7.66. The molecule has 0 aliphatic heterocycles. The van der Waals surface area contributed by atoms with Crippen LogP contribution in [0.25, 0.3) is 32.6 Å². The molecule has 0 aliphatic carbocycles. The average molecular weight is 318 g/mol. The number of pyridine rings is 1. The highest BCUT2D eigenvalue weighted by atomic mass is 32.1. The molecular formula is C18H14N4S. The summed E-state index contributed by atoms with van der Waals surface area (Å²) in [5.41, 5.74) is 14.3. The summed E-state index contributed by atoms with van der Waals surface area (Å²) in [5, 5.41) is 4.51. The lowest BCUT2D eigenvalue weighted by Crippen LogP contribution is -2.34. The molecule has 0 saturated heterocycles. The minimum atomic E-state index is 0.194. The van der Waals surface area contributed by atoms with Gasteiger partial charge in [-0.05, 0) is 29.7 Å². The van der Waals surface area contributed by atoms with Gasteiger partial charge in [0, 0.05) is 16.2 Å². The smallest absolute Gasteiger partial charge is 0.182 e. The number of rotatable bonds is 2. The predicted octanol–water partition coefficient (Wildman–Crippen LogP) is 3.70. The van der Waals surface area contributed by atoms with Crippen molar-refractivity contribution < 1.29 is 0 Å². The third-order valence-electron chi connectivity index (χ3n) is 3.89. The van der Waals surface area contributed by atoms with Crippen molar-refractivity contribution in [3.63, 3.8) is 0 Å². The number of nitrogens with one attached hydrogen (secondary N) is 2. The van der Waals surface area contributed by atoms with Crippen LogP contribution in [0.15, 0.2) is 60.7 Å². The molecule has 4 N–H and O–H groups in total. The molecule has 1 heterocycles. The Labute approximate surface area is 138 Å². The van der Waals surface area contributed by atoms with Gasteiger partial charge < -0.3 is 5.73 Å². The van der Waals surface area contributed by atoms with Crippen LogP contribution in [0, 0.1) is 0 Å². The Morgan fingerprint density at radius 1 is 0.870 bits per heavy atom. The SMILES string of the molecule is NC(=S)NNc1c2ccccc2nc2c1ccc1ccccc12. The lowest BCUT2D eigenvalue weighted by molar-refractivity contribution is 1.14. The van der Waals surface area contributed by atoms with E-state index >= 15 is 0 Å². The number of fused-ring (bicyclic) bond motifs is 4. The Morgan fingerprint density at radius 2 is 1.61 bits per heavy atom. The number of nitrogens with zero attached hydrogens (tertiary/aromatic N) is 1.